The number of nitrogens with two attached hydrogens (primary N) is 1. The molecule has 0 aliphatic carbocycles. The van der Waals surface area contributed by atoms with Crippen molar-refractivity contribution in [1.82, 2.24) is 9.88 Å². The Balaban J connectivity index is 1.83. The molecule has 1 atom stereocenters. The number of hydrogen-bond acceptors (Lipinski definition) is 5. The van der Waals surface area contributed by atoms with Crippen molar-refractivity contribution in [3.8, 4) is 0 Å². The van der Waals surface area contributed by atoms with Gasteiger partial charge in [0.15, 0.2) is 9.84 Å². The average Bonchev–Trinajstić information content (AvgIpc) is 2.80. The highest BCUT2D eigenvalue weighted by atomic mass is 32.2. The molecular weight excluding hydrogens is 286 g/mol. The summed E-state index contributed by atoms with van der Waals surface area (Å²) in [6, 6.07) is 9.95. The SMILES string of the molecule is CN(Cc1cc2ccccc2nc1N)C1CCS(=O)(=O)C1. The van der Waals surface area contributed by atoms with E-state index in [9.17, 15) is 8.42 Å². The molecule has 2 heterocycles. The number of anilines is 1. The summed E-state index contributed by atoms with van der Waals surface area (Å²) in [6.45, 7) is 0.615. The lowest BCUT2D eigenvalue weighted by atomic mass is 10.1. The summed E-state index contributed by atoms with van der Waals surface area (Å²) in [5.74, 6) is 1.04. The molecule has 0 spiro atoms. The molecule has 0 saturated carbocycles. The number of rotatable bonds is 3. The number of aromatic nitrogens is 1. The summed E-state index contributed by atoms with van der Waals surface area (Å²) >= 11 is 0. The minimum atomic E-state index is -2.87. The van der Waals surface area contributed by atoms with Crippen LogP contribution in [-0.4, -0.2) is 42.9 Å². The first kappa shape index (κ1) is 14.3. The first-order chi connectivity index (χ1) is 9.94. The predicted molar refractivity (Wildman–Crippen MR) is 84.7 cm³/mol. The Morgan fingerprint density at radius 2 is 2.14 bits per heavy atom. The van der Waals surface area contributed by atoms with E-state index in [1.165, 1.54) is 0 Å². The summed E-state index contributed by atoms with van der Waals surface area (Å²) in [6.07, 6.45) is 0.694. The molecule has 112 valence electrons. The van der Waals surface area contributed by atoms with Crippen LogP contribution in [0.1, 0.15) is 12.0 Å². The lowest BCUT2D eigenvalue weighted by Crippen LogP contribution is -2.32. The van der Waals surface area contributed by atoms with Crippen molar-refractivity contribution >= 4 is 26.6 Å². The fourth-order valence-electron chi connectivity index (χ4n) is 2.82. The molecule has 0 amide bonds. The van der Waals surface area contributed by atoms with Crippen molar-refractivity contribution in [3.63, 3.8) is 0 Å². The first-order valence-electron chi connectivity index (χ1n) is 6.99. The molecule has 2 aromatic rings. The second-order valence-electron chi connectivity index (χ2n) is 5.70. The van der Waals surface area contributed by atoms with Crippen LogP contribution in [0.2, 0.25) is 0 Å². The third-order valence-corrected chi connectivity index (χ3v) is 5.84. The van der Waals surface area contributed by atoms with Crippen molar-refractivity contribution in [2.24, 2.45) is 0 Å². The summed E-state index contributed by atoms with van der Waals surface area (Å²) < 4.78 is 23.2. The van der Waals surface area contributed by atoms with Gasteiger partial charge in [-0.3, -0.25) is 4.90 Å². The Labute approximate surface area is 124 Å². The first-order valence-corrected chi connectivity index (χ1v) is 8.81. The molecule has 1 fully saturated rings. The summed E-state index contributed by atoms with van der Waals surface area (Å²) in [7, 11) is -0.922. The Bertz CT molecular complexity index is 774. The van der Waals surface area contributed by atoms with E-state index >= 15 is 0 Å². The molecule has 2 N–H and O–H groups in total. The quantitative estimate of drug-likeness (QED) is 0.928. The largest absolute Gasteiger partial charge is 0.383 e. The van der Waals surface area contributed by atoms with Gasteiger partial charge in [-0.15, -0.1) is 0 Å². The number of nitrogen functional groups attached to an aromatic ring is 1. The number of benzene rings is 1. The van der Waals surface area contributed by atoms with Gasteiger partial charge in [-0.2, -0.15) is 0 Å². The Morgan fingerprint density at radius 3 is 2.86 bits per heavy atom. The third kappa shape index (κ3) is 3.01. The van der Waals surface area contributed by atoms with Crippen LogP contribution >= 0.6 is 0 Å². The highest BCUT2D eigenvalue weighted by molar-refractivity contribution is 7.91. The number of para-hydroxylation sites is 1. The summed E-state index contributed by atoms with van der Waals surface area (Å²) in [5, 5.41) is 1.05. The van der Waals surface area contributed by atoms with Crippen LogP contribution in [0, 0.1) is 0 Å². The molecule has 1 aromatic carbocycles. The van der Waals surface area contributed by atoms with Crippen molar-refractivity contribution in [2.45, 2.75) is 19.0 Å². The number of pyridine rings is 1. The van der Waals surface area contributed by atoms with Crippen LogP contribution in [0.4, 0.5) is 5.82 Å². The monoisotopic (exact) mass is 305 g/mol. The van der Waals surface area contributed by atoms with Crippen LogP contribution < -0.4 is 5.73 Å². The van der Waals surface area contributed by atoms with E-state index < -0.39 is 9.84 Å². The van der Waals surface area contributed by atoms with Crippen LogP contribution in [-0.2, 0) is 16.4 Å². The van der Waals surface area contributed by atoms with Crippen molar-refractivity contribution in [3.05, 3.63) is 35.9 Å². The molecule has 1 aliphatic rings. The van der Waals surface area contributed by atoms with Gasteiger partial charge in [-0.25, -0.2) is 13.4 Å². The van der Waals surface area contributed by atoms with Gasteiger partial charge in [0, 0.05) is 23.5 Å². The number of fused-ring (bicyclic) bond motifs is 1. The van der Waals surface area contributed by atoms with Crippen molar-refractivity contribution < 1.29 is 8.42 Å². The Hall–Kier alpha value is -1.66. The molecule has 1 unspecified atom stereocenters. The summed E-state index contributed by atoms with van der Waals surface area (Å²) in [5.41, 5.74) is 7.86. The number of hydrogen-bond donors (Lipinski definition) is 1. The molecule has 6 heteroatoms. The van der Waals surface area contributed by atoms with Gasteiger partial charge < -0.3 is 5.73 Å². The smallest absolute Gasteiger partial charge is 0.151 e. The highest BCUT2D eigenvalue weighted by Crippen LogP contribution is 2.22. The van der Waals surface area contributed by atoms with Gasteiger partial charge in [0.2, 0.25) is 0 Å². The van der Waals surface area contributed by atoms with Crippen LogP contribution in [0.3, 0.4) is 0 Å². The molecule has 0 radical (unpaired) electrons. The molecule has 5 nitrogen and oxygen atoms in total. The zero-order chi connectivity index (χ0) is 15.0. The topological polar surface area (TPSA) is 76.3 Å². The highest BCUT2D eigenvalue weighted by Gasteiger charge is 2.30. The van der Waals surface area contributed by atoms with Crippen LogP contribution in [0.15, 0.2) is 30.3 Å². The van der Waals surface area contributed by atoms with Gasteiger partial charge >= 0.3 is 0 Å². The van der Waals surface area contributed by atoms with Gasteiger partial charge in [-0.05, 0) is 25.6 Å². The second kappa shape index (κ2) is 5.27. The third-order valence-electron chi connectivity index (χ3n) is 4.09. The molecule has 1 aromatic heterocycles. The van der Waals surface area contributed by atoms with Crippen LogP contribution in [0.25, 0.3) is 10.9 Å². The van der Waals surface area contributed by atoms with E-state index in [1.807, 2.05) is 37.4 Å². The van der Waals surface area contributed by atoms with Crippen LogP contribution in [0.5, 0.6) is 0 Å². The van der Waals surface area contributed by atoms with Crippen molar-refractivity contribution in [1.29, 1.82) is 0 Å². The predicted octanol–water partition coefficient (Wildman–Crippen LogP) is 1.44. The minimum absolute atomic E-state index is 0.0703. The van der Waals surface area contributed by atoms with Gasteiger partial charge in [0.1, 0.15) is 5.82 Å². The zero-order valence-corrected chi connectivity index (χ0v) is 12.8. The van der Waals surface area contributed by atoms with Crippen molar-refractivity contribution in [2.75, 3.05) is 24.3 Å². The van der Waals surface area contributed by atoms with Gasteiger partial charge in [0.25, 0.3) is 0 Å². The molecular formula is C15H19N3O2S. The maximum Gasteiger partial charge on any atom is 0.151 e. The maximum absolute atomic E-state index is 11.6. The van der Waals surface area contributed by atoms with E-state index in [1.54, 1.807) is 0 Å². The molecule has 1 aliphatic heterocycles. The minimum Gasteiger partial charge on any atom is -0.383 e. The van der Waals surface area contributed by atoms with Gasteiger partial charge in [0.05, 0.1) is 17.0 Å². The van der Waals surface area contributed by atoms with E-state index in [0.29, 0.717) is 18.8 Å². The molecule has 3 rings (SSSR count). The normalized spacial score (nSPS) is 21.1. The number of nitrogens with zero attached hydrogens (tertiary/aromatic N) is 2. The van der Waals surface area contributed by atoms with E-state index in [-0.39, 0.29) is 17.5 Å². The van der Waals surface area contributed by atoms with E-state index in [0.717, 1.165) is 16.5 Å². The van der Waals surface area contributed by atoms with E-state index in [2.05, 4.69) is 9.88 Å². The average molecular weight is 305 g/mol. The Kier molecular flexibility index (Phi) is 3.59. The molecule has 1 saturated heterocycles. The molecule has 0 bridgehead atoms. The standard InChI is InChI=1S/C15H19N3O2S/c1-18(13-6-7-21(19,20)10-13)9-12-8-11-4-2-3-5-14(11)17-15(12)16/h2-5,8,13H,6-7,9-10H2,1H3,(H2,16,17). The Morgan fingerprint density at radius 1 is 1.38 bits per heavy atom. The van der Waals surface area contributed by atoms with E-state index in [4.69, 9.17) is 5.73 Å². The summed E-state index contributed by atoms with van der Waals surface area (Å²) in [4.78, 5) is 6.48. The number of sulfone groups is 1. The zero-order valence-electron chi connectivity index (χ0n) is 12.0. The molecule has 21 heavy (non-hydrogen) atoms. The lowest BCUT2D eigenvalue weighted by molar-refractivity contribution is 0.254. The fraction of sp³-hybridized carbons (Fsp3) is 0.400. The van der Waals surface area contributed by atoms with Gasteiger partial charge in [-0.1, -0.05) is 18.2 Å². The fourth-order valence-corrected chi connectivity index (χ4v) is 4.63. The second-order valence-corrected chi connectivity index (χ2v) is 7.93. The maximum atomic E-state index is 11.6. The lowest BCUT2D eigenvalue weighted by Gasteiger charge is -2.23.